The average Bonchev–Trinajstić information content (AvgIpc) is 4.04. The van der Waals surface area contributed by atoms with E-state index in [0.29, 0.717) is 0 Å². The van der Waals surface area contributed by atoms with Gasteiger partial charge in [0.05, 0.1) is 0 Å². The fourth-order valence-corrected chi connectivity index (χ4v) is 12.6. The van der Waals surface area contributed by atoms with Crippen LogP contribution in [0, 0.1) is 27.7 Å². The van der Waals surface area contributed by atoms with Crippen LogP contribution < -0.4 is 4.90 Å². The Kier molecular flexibility index (Phi) is 9.14. The van der Waals surface area contributed by atoms with Gasteiger partial charge in [-0.25, -0.2) is 0 Å². The summed E-state index contributed by atoms with van der Waals surface area (Å²) in [5, 5.41) is 4.70. The van der Waals surface area contributed by atoms with Crippen molar-refractivity contribution in [3.63, 3.8) is 0 Å². The number of anilines is 3. The summed E-state index contributed by atoms with van der Waals surface area (Å²) in [7, 11) is 0. The minimum absolute atomic E-state index is 0.0211. The molecule has 2 aromatic heterocycles. The van der Waals surface area contributed by atoms with E-state index >= 15 is 0 Å². The van der Waals surface area contributed by atoms with Gasteiger partial charge in [-0.2, -0.15) is 0 Å². The Labute approximate surface area is 417 Å². The zero-order valence-corrected chi connectivity index (χ0v) is 42.8. The number of hydrogen-bond acceptors (Lipinski definition) is 3. The van der Waals surface area contributed by atoms with Gasteiger partial charge in [0.1, 0.15) is 22.3 Å². The van der Waals surface area contributed by atoms with Crippen LogP contribution in [0.2, 0.25) is 0 Å². The molecule has 2 aliphatic carbocycles. The molecule has 3 nitrogen and oxygen atoms in total. The van der Waals surface area contributed by atoms with Crippen molar-refractivity contribution in [2.45, 2.75) is 92.4 Å². The zero-order chi connectivity index (χ0) is 49.0. The van der Waals surface area contributed by atoms with Crippen molar-refractivity contribution in [3.8, 4) is 44.5 Å². The van der Waals surface area contributed by atoms with Crippen molar-refractivity contribution >= 4 is 60.9 Å². The fourth-order valence-electron chi connectivity index (χ4n) is 12.6. The van der Waals surface area contributed by atoms with E-state index in [1.165, 1.54) is 94.2 Å². The average molecular weight is 922 g/mol. The standard InChI is InChI=1S/C68H59NO2/c1-38-20-28-46(40(3)32-38)52-36-56-60(62-50-16-12-14-18-58(50)70-64(52)62)48-30-26-44(34-54(48)67(56,8)9)69(43-24-22-42(23-25-43)66(5,6)7)45-27-31-49-55(35-45)68(10,11)57-37-53(47-29-21-39(2)33-41(47)4)65-63(61(49)57)51-17-13-15-19-59(51)71-65/h12-37H,1-11H3. The number of furan rings is 2. The van der Waals surface area contributed by atoms with Gasteiger partial charge in [0.15, 0.2) is 0 Å². The summed E-state index contributed by atoms with van der Waals surface area (Å²) in [6, 6.07) is 59.2. The van der Waals surface area contributed by atoms with Crippen LogP contribution in [0.25, 0.3) is 88.4 Å². The van der Waals surface area contributed by atoms with Crippen LogP contribution in [0.4, 0.5) is 17.1 Å². The number of benzene rings is 9. The molecule has 0 bridgehead atoms. The molecular formula is C68H59NO2. The molecule has 0 fully saturated rings. The molecule has 0 aliphatic heterocycles. The van der Waals surface area contributed by atoms with Gasteiger partial charge in [-0.15, -0.1) is 0 Å². The van der Waals surface area contributed by atoms with Crippen molar-refractivity contribution in [1.82, 2.24) is 0 Å². The molecule has 13 rings (SSSR count). The largest absolute Gasteiger partial charge is 0.455 e. The van der Waals surface area contributed by atoms with Crippen LogP contribution >= 0.6 is 0 Å². The summed E-state index contributed by atoms with van der Waals surface area (Å²) < 4.78 is 13.8. The third-order valence-electron chi connectivity index (χ3n) is 16.4. The SMILES string of the molecule is Cc1ccc(-c2cc3c(c4c2oc2ccccc24)-c2ccc(N(c4ccc(C(C)(C)C)cc4)c4ccc5c(c4)C(C)(C)c4cc(-c6ccc(C)cc6C)c6oc7ccccc7c6c4-5)cc2C3(C)C)c(C)c1. The Hall–Kier alpha value is -7.62. The lowest BCUT2D eigenvalue weighted by Gasteiger charge is -2.30. The Bertz CT molecular complexity index is 3830. The molecule has 348 valence electrons. The molecule has 3 heteroatoms. The van der Waals surface area contributed by atoms with Gasteiger partial charge in [-0.1, -0.05) is 157 Å². The first-order chi connectivity index (χ1) is 34.0. The maximum atomic E-state index is 6.88. The summed E-state index contributed by atoms with van der Waals surface area (Å²) in [4.78, 5) is 2.49. The van der Waals surface area contributed by atoms with E-state index < -0.39 is 0 Å². The molecule has 9 aromatic carbocycles. The monoisotopic (exact) mass is 921 g/mol. The van der Waals surface area contributed by atoms with Crippen LogP contribution in [-0.4, -0.2) is 0 Å². The molecule has 0 saturated heterocycles. The Morgan fingerprint density at radius 2 is 0.803 bits per heavy atom. The fraction of sp³-hybridized carbons (Fsp3) is 0.206. The van der Waals surface area contributed by atoms with E-state index in [1.807, 2.05) is 0 Å². The lowest BCUT2D eigenvalue weighted by Crippen LogP contribution is -2.18. The second-order valence-corrected chi connectivity index (χ2v) is 22.8. The van der Waals surface area contributed by atoms with E-state index in [2.05, 4.69) is 239 Å². The van der Waals surface area contributed by atoms with Gasteiger partial charge in [-0.3, -0.25) is 0 Å². The summed E-state index contributed by atoms with van der Waals surface area (Å²) >= 11 is 0. The lowest BCUT2D eigenvalue weighted by molar-refractivity contribution is 0.590. The molecule has 0 N–H and O–H groups in total. The quantitative estimate of drug-likeness (QED) is 0.172. The van der Waals surface area contributed by atoms with Crippen molar-refractivity contribution in [1.29, 1.82) is 0 Å². The highest BCUT2D eigenvalue weighted by Gasteiger charge is 2.41. The molecule has 11 aromatic rings. The maximum Gasteiger partial charge on any atom is 0.143 e. The molecule has 0 unspecified atom stereocenters. The van der Waals surface area contributed by atoms with Gasteiger partial charge in [0, 0.05) is 60.6 Å². The van der Waals surface area contributed by atoms with Crippen LogP contribution in [0.3, 0.4) is 0 Å². The summed E-state index contributed by atoms with van der Waals surface area (Å²) in [6.07, 6.45) is 0. The topological polar surface area (TPSA) is 29.5 Å². The smallest absolute Gasteiger partial charge is 0.143 e. The predicted molar refractivity (Wildman–Crippen MR) is 299 cm³/mol. The highest BCUT2D eigenvalue weighted by atomic mass is 16.3. The van der Waals surface area contributed by atoms with Crippen LogP contribution in [0.5, 0.6) is 0 Å². The molecule has 71 heavy (non-hydrogen) atoms. The van der Waals surface area contributed by atoms with E-state index in [-0.39, 0.29) is 16.2 Å². The molecule has 0 amide bonds. The number of para-hydroxylation sites is 2. The highest BCUT2D eigenvalue weighted by molar-refractivity contribution is 6.20. The lowest BCUT2D eigenvalue weighted by atomic mass is 9.80. The first kappa shape index (κ1) is 43.4. The molecule has 0 atom stereocenters. The van der Waals surface area contributed by atoms with Crippen molar-refractivity contribution < 1.29 is 8.83 Å². The van der Waals surface area contributed by atoms with Crippen LogP contribution in [-0.2, 0) is 16.2 Å². The Balaban J connectivity index is 1.02. The van der Waals surface area contributed by atoms with Gasteiger partial charge in [-0.05, 0) is 166 Å². The van der Waals surface area contributed by atoms with Gasteiger partial charge >= 0.3 is 0 Å². The molecule has 2 heterocycles. The minimum atomic E-state index is -0.309. The van der Waals surface area contributed by atoms with E-state index in [1.54, 1.807) is 0 Å². The second-order valence-electron chi connectivity index (χ2n) is 22.8. The first-order valence-corrected chi connectivity index (χ1v) is 25.3. The second kappa shape index (κ2) is 15.0. The number of fused-ring (bicyclic) bond motifs is 14. The molecule has 0 saturated carbocycles. The Morgan fingerprint density at radius 3 is 1.23 bits per heavy atom. The van der Waals surface area contributed by atoms with Crippen molar-refractivity contribution in [2.75, 3.05) is 4.90 Å². The third-order valence-corrected chi connectivity index (χ3v) is 16.4. The summed E-state index contributed by atoms with van der Waals surface area (Å²) in [6.45, 7) is 25.3. The molecule has 0 radical (unpaired) electrons. The molecule has 0 spiro atoms. The maximum absolute atomic E-state index is 6.88. The minimum Gasteiger partial charge on any atom is -0.455 e. The van der Waals surface area contributed by atoms with Gasteiger partial charge in [0.25, 0.3) is 0 Å². The third kappa shape index (κ3) is 6.27. The van der Waals surface area contributed by atoms with Gasteiger partial charge in [0.2, 0.25) is 0 Å². The normalized spacial score (nSPS) is 14.4. The summed E-state index contributed by atoms with van der Waals surface area (Å²) in [5.74, 6) is 0. The number of nitrogens with zero attached hydrogens (tertiary/aromatic N) is 1. The molecular weight excluding hydrogens is 863 g/mol. The summed E-state index contributed by atoms with van der Waals surface area (Å²) in [5.41, 5.74) is 27.9. The van der Waals surface area contributed by atoms with Gasteiger partial charge < -0.3 is 13.7 Å². The van der Waals surface area contributed by atoms with Crippen molar-refractivity contribution in [2.24, 2.45) is 0 Å². The predicted octanol–water partition coefficient (Wildman–Crippen LogP) is 19.4. The Morgan fingerprint density at radius 1 is 0.394 bits per heavy atom. The van der Waals surface area contributed by atoms with Crippen molar-refractivity contribution in [3.05, 3.63) is 208 Å². The van der Waals surface area contributed by atoms with E-state index in [0.717, 1.165) is 61.3 Å². The number of hydrogen-bond donors (Lipinski definition) is 0. The highest BCUT2D eigenvalue weighted by Crippen LogP contribution is 2.59. The van der Waals surface area contributed by atoms with E-state index in [4.69, 9.17) is 8.83 Å². The zero-order valence-electron chi connectivity index (χ0n) is 42.8. The van der Waals surface area contributed by atoms with E-state index in [9.17, 15) is 0 Å². The van der Waals surface area contributed by atoms with Crippen LogP contribution in [0.1, 0.15) is 98.5 Å². The molecule has 2 aliphatic rings. The van der Waals surface area contributed by atoms with Crippen LogP contribution in [0.15, 0.2) is 167 Å². The first-order valence-electron chi connectivity index (χ1n) is 25.3. The number of aryl methyl sites for hydroxylation is 4. The number of rotatable bonds is 5.